The predicted molar refractivity (Wildman–Crippen MR) is 78.5 cm³/mol. The largest absolute Gasteiger partial charge is 0.496 e. The van der Waals surface area contributed by atoms with Crippen LogP contribution in [0, 0.1) is 0 Å². The topological polar surface area (TPSA) is 21.3 Å². The molecule has 0 heterocycles. The van der Waals surface area contributed by atoms with E-state index in [0.717, 1.165) is 18.7 Å². The first-order valence-corrected chi connectivity index (χ1v) is 6.75. The van der Waals surface area contributed by atoms with Gasteiger partial charge < -0.3 is 10.1 Å². The van der Waals surface area contributed by atoms with Gasteiger partial charge in [0.05, 0.1) is 7.11 Å². The Hall–Kier alpha value is -1.02. The molecule has 0 radical (unpaired) electrons. The Bertz CT molecular complexity index is 377. The van der Waals surface area contributed by atoms with Gasteiger partial charge in [0, 0.05) is 5.54 Å². The lowest BCUT2D eigenvalue weighted by molar-refractivity contribution is 0.407. The molecule has 0 spiro atoms. The molecule has 0 aromatic heterocycles. The second kappa shape index (κ2) is 6.24. The van der Waals surface area contributed by atoms with Crippen LogP contribution in [0.1, 0.15) is 51.7 Å². The minimum absolute atomic E-state index is 0.188. The molecule has 0 amide bonds. The Morgan fingerprint density at radius 1 is 1.22 bits per heavy atom. The summed E-state index contributed by atoms with van der Waals surface area (Å²) in [6.07, 6.45) is 1.06. The monoisotopic (exact) mass is 249 g/mol. The summed E-state index contributed by atoms with van der Waals surface area (Å²) in [5, 5.41) is 3.52. The Kier molecular flexibility index (Phi) is 5.21. The zero-order chi connectivity index (χ0) is 13.8. The van der Waals surface area contributed by atoms with Gasteiger partial charge in [-0.05, 0) is 56.8 Å². The maximum absolute atomic E-state index is 5.40. The maximum Gasteiger partial charge on any atom is 0.122 e. The first-order valence-electron chi connectivity index (χ1n) is 6.75. The fourth-order valence-corrected chi connectivity index (χ4v) is 1.97. The van der Waals surface area contributed by atoms with Crippen LogP contribution in [-0.2, 0) is 6.42 Å². The molecule has 0 bridgehead atoms. The summed E-state index contributed by atoms with van der Waals surface area (Å²) >= 11 is 0. The number of nitrogens with one attached hydrogen (secondary N) is 1. The van der Waals surface area contributed by atoms with Gasteiger partial charge >= 0.3 is 0 Å². The van der Waals surface area contributed by atoms with Crippen molar-refractivity contribution in [2.24, 2.45) is 0 Å². The molecule has 102 valence electrons. The van der Waals surface area contributed by atoms with Crippen LogP contribution >= 0.6 is 0 Å². The third-order valence-electron chi connectivity index (χ3n) is 2.99. The van der Waals surface area contributed by atoms with Crippen molar-refractivity contribution < 1.29 is 4.74 Å². The highest BCUT2D eigenvalue weighted by atomic mass is 16.5. The van der Waals surface area contributed by atoms with Crippen LogP contribution in [0.5, 0.6) is 5.75 Å². The summed E-state index contributed by atoms with van der Waals surface area (Å²) in [4.78, 5) is 0. The number of ether oxygens (including phenoxy) is 1. The van der Waals surface area contributed by atoms with E-state index < -0.39 is 0 Å². The number of hydrogen-bond donors (Lipinski definition) is 1. The predicted octanol–water partition coefficient (Wildman–Crippen LogP) is 3.75. The average Bonchev–Trinajstić information content (AvgIpc) is 2.27. The first-order chi connectivity index (χ1) is 8.33. The SMILES string of the molecule is COc1ccc(CCNC(C)(C)C)cc1C(C)C. The molecular formula is C16H27NO. The smallest absolute Gasteiger partial charge is 0.122 e. The molecule has 0 unspecified atom stereocenters. The first kappa shape index (κ1) is 15.0. The Morgan fingerprint density at radius 3 is 2.39 bits per heavy atom. The average molecular weight is 249 g/mol. The zero-order valence-electron chi connectivity index (χ0n) is 12.6. The molecule has 0 aliphatic rings. The van der Waals surface area contributed by atoms with Crippen molar-refractivity contribution in [1.29, 1.82) is 0 Å². The van der Waals surface area contributed by atoms with Crippen LogP contribution in [-0.4, -0.2) is 19.2 Å². The van der Waals surface area contributed by atoms with Crippen molar-refractivity contribution in [2.75, 3.05) is 13.7 Å². The molecule has 18 heavy (non-hydrogen) atoms. The molecule has 0 atom stereocenters. The van der Waals surface area contributed by atoms with Crippen LogP contribution in [0.2, 0.25) is 0 Å². The van der Waals surface area contributed by atoms with E-state index in [1.807, 2.05) is 0 Å². The second-order valence-corrected chi connectivity index (χ2v) is 6.16. The van der Waals surface area contributed by atoms with Crippen LogP contribution < -0.4 is 10.1 Å². The van der Waals surface area contributed by atoms with Gasteiger partial charge in [-0.15, -0.1) is 0 Å². The molecular weight excluding hydrogens is 222 g/mol. The van der Waals surface area contributed by atoms with Gasteiger partial charge in [0.1, 0.15) is 5.75 Å². The van der Waals surface area contributed by atoms with Crippen molar-refractivity contribution in [3.8, 4) is 5.75 Å². The third kappa shape index (κ3) is 4.69. The van der Waals surface area contributed by atoms with Gasteiger partial charge in [-0.25, -0.2) is 0 Å². The van der Waals surface area contributed by atoms with E-state index in [1.54, 1.807) is 7.11 Å². The highest BCUT2D eigenvalue weighted by molar-refractivity contribution is 5.39. The number of benzene rings is 1. The molecule has 1 N–H and O–H groups in total. The molecule has 0 fully saturated rings. The number of methoxy groups -OCH3 is 1. The fraction of sp³-hybridized carbons (Fsp3) is 0.625. The standard InChI is InChI=1S/C16H27NO/c1-12(2)14-11-13(7-8-15(14)18-6)9-10-17-16(3,4)5/h7-8,11-12,17H,9-10H2,1-6H3. The van der Waals surface area contributed by atoms with Gasteiger partial charge in [0.15, 0.2) is 0 Å². The molecule has 1 rings (SSSR count). The molecule has 0 saturated heterocycles. The molecule has 1 aromatic rings. The summed E-state index contributed by atoms with van der Waals surface area (Å²) in [6, 6.07) is 6.52. The highest BCUT2D eigenvalue weighted by Gasteiger charge is 2.10. The van der Waals surface area contributed by atoms with Gasteiger partial charge in [-0.1, -0.05) is 26.0 Å². The maximum atomic E-state index is 5.40. The van der Waals surface area contributed by atoms with E-state index in [4.69, 9.17) is 4.74 Å². The van der Waals surface area contributed by atoms with E-state index in [-0.39, 0.29) is 5.54 Å². The van der Waals surface area contributed by atoms with Crippen LogP contribution in [0.3, 0.4) is 0 Å². The van der Waals surface area contributed by atoms with E-state index >= 15 is 0 Å². The normalized spacial score (nSPS) is 11.9. The van der Waals surface area contributed by atoms with E-state index in [9.17, 15) is 0 Å². The van der Waals surface area contributed by atoms with Gasteiger partial charge in [0.2, 0.25) is 0 Å². The highest BCUT2D eigenvalue weighted by Crippen LogP contribution is 2.27. The second-order valence-electron chi connectivity index (χ2n) is 6.16. The fourth-order valence-electron chi connectivity index (χ4n) is 1.97. The van der Waals surface area contributed by atoms with Crippen molar-refractivity contribution >= 4 is 0 Å². The van der Waals surface area contributed by atoms with Crippen molar-refractivity contribution in [3.63, 3.8) is 0 Å². The van der Waals surface area contributed by atoms with Gasteiger partial charge in [-0.3, -0.25) is 0 Å². The Morgan fingerprint density at radius 2 is 1.89 bits per heavy atom. The molecule has 0 saturated carbocycles. The lowest BCUT2D eigenvalue weighted by atomic mass is 9.98. The van der Waals surface area contributed by atoms with Crippen LogP contribution in [0.25, 0.3) is 0 Å². The van der Waals surface area contributed by atoms with Gasteiger partial charge in [-0.2, -0.15) is 0 Å². The zero-order valence-corrected chi connectivity index (χ0v) is 12.6. The van der Waals surface area contributed by atoms with Gasteiger partial charge in [0.25, 0.3) is 0 Å². The molecule has 2 heteroatoms. The van der Waals surface area contributed by atoms with E-state index in [1.165, 1.54) is 11.1 Å². The van der Waals surface area contributed by atoms with E-state index in [2.05, 4.69) is 58.1 Å². The summed E-state index contributed by atoms with van der Waals surface area (Å²) in [5.41, 5.74) is 2.86. The van der Waals surface area contributed by atoms with Crippen molar-refractivity contribution in [3.05, 3.63) is 29.3 Å². The molecule has 0 aliphatic carbocycles. The Balaban J connectivity index is 2.70. The van der Waals surface area contributed by atoms with Crippen LogP contribution in [0.4, 0.5) is 0 Å². The lowest BCUT2D eigenvalue weighted by Crippen LogP contribution is -2.37. The van der Waals surface area contributed by atoms with Crippen LogP contribution in [0.15, 0.2) is 18.2 Å². The van der Waals surface area contributed by atoms with Crippen molar-refractivity contribution in [2.45, 2.75) is 52.5 Å². The molecule has 0 aliphatic heterocycles. The minimum atomic E-state index is 0.188. The quantitative estimate of drug-likeness (QED) is 0.858. The summed E-state index contributed by atoms with van der Waals surface area (Å²) in [6.45, 7) is 12.0. The van der Waals surface area contributed by atoms with Crippen molar-refractivity contribution in [1.82, 2.24) is 5.32 Å². The third-order valence-corrected chi connectivity index (χ3v) is 2.99. The Labute approximate surface area is 112 Å². The summed E-state index contributed by atoms with van der Waals surface area (Å²) in [5.74, 6) is 1.49. The summed E-state index contributed by atoms with van der Waals surface area (Å²) in [7, 11) is 1.74. The lowest BCUT2D eigenvalue weighted by Gasteiger charge is -2.21. The minimum Gasteiger partial charge on any atom is -0.496 e. The number of hydrogen-bond acceptors (Lipinski definition) is 2. The number of rotatable bonds is 5. The molecule has 1 aromatic carbocycles. The molecule has 2 nitrogen and oxygen atoms in total. The van der Waals surface area contributed by atoms with E-state index in [0.29, 0.717) is 5.92 Å². The summed E-state index contributed by atoms with van der Waals surface area (Å²) < 4.78 is 5.40.